The van der Waals surface area contributed by atoms with E-state index in [-0.39, 0.29) is 31.0 Å². The van der Waals surface area contributed by atoms with Crippen LogP contribution >= 0.6 is 0 Å². The van der Waals surface area contributed by atoms with E-state index in [0.717, 1.165) is 5.52 Å². The molecule has 0 saturated carbocycles. The highest BCUT2D eigenvalue weighted by Crippen LogP contribution is 2.64. The summed E-state index contributed by atoms with van der Waals surface area (Å²) in [6, 6.07) is 14.9. The van der Waals surface area contributed by atoms with Crippen LogP contribution < -0.4 is 10.6 Å². The third kappa shape index (κ3) is 4.13. The van der Waals surface area contributed by atoms with Crippen molar-refractivity contribution in [2.24, 2.45) is 17.8 Å². The number of aliphatic hydroxyl groups is 1. The lowest BCUT2D eigenvalue weighted by Crippen LogP contribution is -2.59. The van der Waals surface area contributed by atoms with Crippen LogP contribution in [-0.2, 0) is 25.8 Å². The van der Waals surface area contributed by atoms with Gasteiger partial charge >= 0.3 is 0 Å². The Bertz CT molecular complexity index is 1480. The van der Waals surface area contributed by atoms with E-state index < -0.39 is 41.0 Å². The minimum absolute atomic E-state index is 0.0426. The van der Waals surface area contributed by atoms with Gasteiger partial charge in [0.25, 0.3) is 0 Å². The lowest BCUT2D eigenvalue weighted by atomic mass is 9.65. The van der Waals surface area contributed by atoms with Crippen LogP contribution in [0, 0.1) is 17.8 Å². The normalized spacial score (nSPS) is 29.2. The van der Waals surface area contributed by atoms with Gasteiger partial charge in [-0.2, -0.15) is 0 Å². The molecule has 0 aliphatic carbocycles. The van der Waals surface area contributed by atoms with Crippen molar-refractivity contribution in [2.45, 2.75) is 70.0 Å². The van der Waals surface area contributed by atoms with Crippen molar-refractivity contribution in [3.63, 3.8) is 0 Å². The number of nitrogens with zero attached hydrogens (tertiary/aromatic N) is 4. The molecule has 11 nitrogen and oxygen atoms in total. The molecule has 6 rings (SSSR count). The summed E-state index contributed by atoms with van der Waals surface area (Å²) in [5.74, 6) is -2.79. The van der Waals surface area contributed by atoms with E-state index >= 15 is 0 Å². The first-order valence-electron chi connectivity index (χ1n) is 14.3. The van der Waals surface area contributed by atoms with Gasteiger partial charge in [-0.1, -0.05) is 56.3 Å². The van der Waals surface area contributed by atoms with Crippen LogP contribution in [0.5, 0.6) is 0 Å². The summed E-state index contributed by atoms with van der Waals surface area (Å²) in [5, 5.41) is 24.7. The lowest BCUT2D eigenvalue weighted by molar-refractivity contribution is -0.151. The summed E-state index contributed by atoms with van der Waals surface area (Å²) in [6.07, 6.45) is 1.54. The Morgan fingerprint density at radius 2 is 1.83 bits per heavy atom. The lowest BCUT2D eigenvalue weighted by Gasteiger charge is -2.38. The number of carbonyl (C=O) groups excluding carboxylic acids is 3. The highest BCUT2D eigenvalue weighted by Gasteiger charge is 2.79. The Labute approximate surface area is 238 Å². The minimum atomic E-state index is -1.19. The topological polar surface area (TPSA) is 139 Å². The molecule has 3 aromatic rings. The molecule has 2 bridgehead atoms. The van der Waals surface area contributed by atoms with Gasteiger partial charge in [0.2, 0.25) is 17.7 Å². The third-order valence-corrected chi connectivity index (χ3v) is 9.33. The number of ether oxygens (including phenoxy) is 1. The second-order valence-electron chi connectivity index (χ2n) is 11.7. The smallest absolute Gasteiger partial charge is 0.247 e. The van der Waals surface area contributed by atoms with E-state index in [4.69, 9.17) is 4.74 Å². The first-order valence-corrected chi connectivity index (χ1v) is 14.3. The highest BCUT2D eigenvalue weighted by atomic mass is 16.5. The first kappa shape index (κ1) is 27.3. The van der Waals surface area contributed by atoms with Crippen LogP contribution in [-0.4, -0.2) is 72.6 Å². The molecule has 4 heterocycles. The number of fused-ring (bicyclic) bond motifs is 2. The monoisotopic (exact) mass is 560 g/mol. The number of nitrogens with one attached hydrogen (secondary N) is 2. The van der Waals surface area contributed by atoms with Crippen molar-refractivity contribution in [3.05, 3.63) is 54.6 Å². The van der Waals surface area contributed by atoms with Crippen LogP contribution in [0.25, 0.3) is 11.0 Å². The number of aromatic nitrogens is 3. The molecule has 41 heavy (non-hydrogen) atoms. The van der Waals surface area contributed by atoms with Crippen molar-refractivity contribution in [2.75, 3.05) is 11.9 Å². The highest BCUT2D eigenvalue weighted by molar-refractivity contribution is 6.02. The Morgan fingerprint density at radius 1 is 1.10 bits per heavy atom. The molecule has 1 aromatic heterocycles. The van der Waals surface area contributed by atoms with Crippen LogP contribution in [0.15, 0.2) is 54.6 Å². The standard InChI is InChI=1S/C30H36N6O5/c1-4-29-14-15-30(41-29)24(23(29)26(38)32-19-10-6-5-7-11-19)28(40)36(22(16-37)18(2)3)25(30)27(39)31-17-35-21-13-9-8-12-20(21)33-34-35/h5-13,18,22-25,37H,4,14-17H2,1-3H3,(H,31,39)(H,32,38)/t22-,23-,24-,25?,29+,30?/m0/s1. The third-order valence-electron chi connectivity index (χ3n) is 9.33. The summed E-state index contributed by atoms with van der Waals surface area (Å²) >= 11 is 0. The van der Waals surface area contributed by atoms with Gasteiger partial charge in [-0.3, -0.25) is 14.4 Å². The van der Waals surface area contributed by atoms with Gasteiger partial charge < -0.3 is 25.4 Å². The molecule has 3 amide bonds. The molecule has 1 spiro atoms. The Kier molecular flexibility index (Phi) is 6.82. The predicted octanol–water partition coefficient (Wildman–Crippen LogP) is 2.32. The Morgan fingerprint density at radius 3 is 2.54 bits per heavy atom. The van der Waals surface area contributed by atoms with E-state index in [0.29, 0.717) is 30.5 Å². The molecule has 2 aromatic carbocycles. The number of anilines is 1. The molecular weight excluding hydrogens is 524 g/mol. The van der Waals surface area contributed by atoms with Gasteiger partial charge in [0.1, 0.15) is 23.8 Å². The molecule has 3 N–H and O–H groups in total. The van der Waals surface area contributed by atoms with E-state index in [1.165, 1.54) is 4.90 Å². The van der Waals surface area contributed by atoms with Crippen molar-refractivity contribution in [1.29, 1.82) is 0 Å². The zero-order valence-electron chi connectivity index (χ0n) is 23.5. The second kappa shape index (κ2) is 10.2. The number of amides is 3. The van der Waals surface area contributed by atoms with Gasteiger partial charge in [0.05, 0.1) is 35.6 Å². The molecule has 6 atom stereocenters. The molecule has 216 valence electrons. The first-order chi connectivity index (χ1) is 19.8. The number of aliphatic hydroxyl groups excluding tert-OH is 1. The molecule has 11 heteroatoms. The SMILES string of the molecule is CC[C@]12CCC3(O1)C(C(=O)NCn1nnc4ccccc41)N([C@@H](CO)C(C)C)C(=O)[C@@H]3[C@H]2C(=O)Nc1ccccc1. The van der Waals surface area contributed by atoms with E-state index in [1.807, 2.05) is 63.2 Å². The number of para-hydroxylation sites is 2. The van der Waals surface area contributed by atoms with Crippen LogP contribution in [0.1, 0.15) is 40.0 Å². The number of likely N-dealkylation sites (tertiary alicyclic amines) is 1. The molecule has 0 radical (unpaired) electrons. The fourth-order valence-electron chi connectivity index (χ4n) is 7.36. The van der Waals surface area contributed by atoms with Crippen molar-refractivity contribution < 1.29 is 24.2 Å². The Balaban J connectivity index is 1.36. The molecule has 2 unspecified atom stereocenters. The molecule has 3 saturated heterocycles. The van der Waals surface area contributed by atoms with Crippen molar-refractivity contribution in [3.8, 4) is 0 Å². The number of benzene rings is 2. The predicted molar refractivity (Wildman–Crippen MR) is 150 cm³/mol. The fraction of sp³-hybridized carbons (Fsp3) is 0.500. The van der Waals surface area contributed by atoms with Gasteiger partial charge in [-0.25, -0.2) is 4.68 Å². The van der Waals surface area contributed by atoms with Gasteiger partial charge in [0, 0.05) is 5.69 Å². The second-order valence-corrected chi connectivity index (χ2v) is 11.7. The summed E-state index contributed by atoms with van der Waals surface area (Å²) in [4.78, 5) is 43.9. The quantitative estimate of drug-likeness (QED) is 0.365. The van der Waals surface area contributed by atoms with Gasteiger partial charge in [-0.15, -0.1) is 5.10 Å². The van der Waals surface area contributed by atoms with E-state index in [9.17, 15) is 19.5 Å². The summed E-state index contributed by atoms with van der Waals surface area (Å²) in [6.45, 7) is 5.49. The average Bonchev–Trinajstić information content (AvgIpc) is 3.70. The zero-order valence-corrected chi connectivity index (χ0v) is 23.5. The zero-order chi connectivity index (χ0) is 28.9. The number of hydrogen-bond acceptors (Lipinski definition) is 7. The summed E-state index contributed by atoms with van der Waals surface area (Å²) in [5.41, 5.74) is 0.0428. The molecular formula is C30H36N6O5. The van der Waals surface area contributed by atoms with Crippen LogP contribution in [0.3, 0.4) is 0 Å². The van der Waals surface area contributed by atoms with Gasteiger partial charge in [-0.05, 0) is 49.4 Å². The largest absolute Gasteiger partial charge is 0.394 e. The van der Waals surface area contributed by atoms with E-state index in [2.05, 4.69) is 20.9 Å². The number of hydrogen-bond donors (Lipinski definition) is 3. The fourth-order valence-corrected chi connectivity index (χ4v) is 7.36. The summed E-state index contributed by atoms with van der Waals surface area (Å²) < 4.78 is 8.40. The van der Waals surface area contributed by atoms with Crippen molar-refractivity contribution in [1.82, 2.24) is 25.2 Å². The molecule has 3 fully saturated rings. The minimum Gasteiger partial charge on any atom is -0.394 e. The maximum atomic E-state index is 14.4. The Hall–Kier alpha value is -3.83. The van der Waals surface area contributed by atoms with Gasteiger partial charge in [0.15, 0.2) is 0 Å². The van der Waals surface area contributed by atoms with Crippen LogP contribution in [0.4, 0.5) is 5.69 Å². The number of carbonyl (C=O) groups is 3. The van der Waals surface area contributed by atoms with E-state index in [1.54, 1.807) is 16.8 Å². The summed E-state index contributed by atoms with van der Waals surface area (Å²) in [7, 11) is 0. The molecule has 3 aliphatic heterocycles. The number of rotatable bonds is 9. The maximum Gasteiger partial charge on any atom is 0.247 e. The van der Waals surface area contributed by atoms with Crippen LogP contribution in [0.2, 0.25) is 0 Å². The maximum absolute atomic E-state index is 14.4. The average molecular weight is 561 g/mol. The van der Waals surface area contributed by atoms with Crippen molar-refractivity contribution >= 4 is 34.4 Å². The molecule has 3 aliphatic rings.